The molecule has 1 aromatic carbocycles. The van der Waals surface area contributed by atoms with Crippen molar-refractivity contribution >= 4 is 15.7 Å². The second-order valence-electron chi connectivity index (χ2n) is 5.67. The molecule has 0 aliphatic carbocycles. The normalized spacial score (nSPS) is 18.5. The van der Waals surface area contributed by atoms with Crippen molar-refractivity contribution in [2.75, 3.05) is 13.1 Å². The second kappa shape index (κ2) is 5.36. The Hall–Kier alpha value is -1.51. The van der Waals surface area contributed by atoms with Gasteiger partial charge in [-0.25, -0.2) is 8.42 Å². The van der Waals surface area contributed by atoms with Crippen molar-refractivity contribution in [1.29, 1.82) is 0 Å². The van der Waals surface area contributed by atoms with E-state index in [0.29, 0.717) is 0 Å². The standard InChI is InChI=1S/C13H18N2O5S/c1-10(2)13(16)8-14(9-13)21(19,20)7-11-5-3-4-6-12(11)15(17)18/h3-6,10,16H,7-9H2,1-2H3. The number of hydrogen-bond acceptors (Lipinski definition) is 5. The summed E-state index contributed by atoms with van der Waals surface area (Å²) in [6.07, 6.45) is 0. The number of benzene rings is 1. The molecule has 0 unspecified atom stereocenters. The maximum absolute atomic E-state index is 12.3. The fraction of sp³-hybridized carbons (Fsp3) is 0.538. The summed E-state index contributed by atoms with van der Waals surface area (Å²) < 4.78 is 25.7. The Morgan fingerprint density at radius 1 is 1.38 bits per heavy atom. The number of para-hydroxylation sites is 1. The Morgan fingerprint density at radius 3 is 2.48 bits per heavy atom. The van der Waals surface area contributed by atoms with E-state index in [0.717, 1.165) is 0 Å². The third kappa shape index (κ3) is 3.07. The Balaban J connectivity index is 2.16. The van der Waals surface area contributed by atoms with Gasteiger partial charge in [0.1, 0.15) is 0 Å². The zero-order chi connectivity index (χ0) is 15.8. The van der Waals surface area contributed by atoms with E-state index >= 15 is 0 Å². The van der Waals surface area contributed by atoms with Gasteiger partial charge in [0.2, 0.25) is 10.0 Å². The van der Waals surface area contributed by atoms with E-state index in [-0.39, 0.29) is 30.3 Å². The van der Waals surface area contributed by atoms with Gasteiger partial charge in [-0.15, -0.1) is 0 Å². The van der Waals surface area contributed by atoms with E-state index in [2.05, 4.69) is 0 Å². The molecule has 1 saturated heterocycles. The molecule has 0 saturated carbocycles. The average Bonchev–Trinajstić information content (AvgIpc) is 2.34. The molecule has 0 radical (unpaired) electrons. The molecule has 1 N–H and O–H groups in total. The average molecular weight is 314 g/mol. The maximum Gasteiger partial charge on any atom is 0.273 e. The van der Waals surface area contributed by atoms with Crippen molar-refractivity contribution in [3.63, 3.8) is 0 Å². The number of nitro benzene ring substituents is 1. The lowest BCUT2D eigenvalue weighted by atomic mass is 9.85. The molecule has 21 heavy (non-hydrogen) atoms. The van der Waals surface area contributed by atoms with Crippen LogP contribution in [0.4, 0.5) is 5.69 Å². The van der Waals surface area contributed by atoms with E-state index in [9.17, 15) is 23.6 Å². The van der Waals surface area contributed by atoms with Gasteiger partial charge in [-0.05, 0) is 5.92 Å². The molecule has 0 amide bonds. The topological polar surface area (TPSA) is 101 Å². The van der Waals surface area contributed by atoms with Crippen LogP contribution < -0.4 is 0 Å². The SMILES string of the molecule is CC(C)C1(O)CN(S(=O)(=O)Cc2ccccc2[N+](=O)[O-])C1. The van der Waals surface area contributed by atoms with E-state index < -0.39 is 26.3 Å². The molecule has 1 fully saturated rings. The predicted octanol–water partition coefficient (Wildman–Crippen LogP) is 1.13. The summed E-state index contributed by atoms with van der Waals surface area (Å²) in [7, 11) is -3.67. The van der Waals surface area contributed by atoms with Crippen LogP contribution in [0.25, 0.3) is 0 Å². The Bertz CT molecular complexity index is 650. The largest absolute Gasteiger partial charge is 0.387 e. The highest BCUT2D eigenvalue weighted by atomic mass is 32.2. The third-order valence-electron chi connectivity index (χ3n) is 3.89. The molecular weight excluding hydrogens is 296 g/mol. The molecule has 116 valence electrons. The molecule has 0 spiro atoms. The van der Waals surface area contributed by atoms with Gasteiger partial charge in [0, 0.05) is 24.7 Å². The summed E-state index contributed by atoms with van der Waals surface area (Å²) >= 11 is 0. The molecule has 2 rings (SSSR count). The smallest absolute Gasteiger partial charge is 0.273 e. The molecule has 7 nitrogen and oxygen atoms in total. The number of hydrogen-bond donors (Lipinski definition) is 1. The molecule has 0 bridgehead atoms. The van der Waals surface area contributed by atoms with Crippen molar-refractivity contribution in [3.05, 3.63) is 39.9 Å². The van der Waals surface area contributed by atoms with Gasteiger partial charge in [-0.3, -0.25) is 10.1 Å². The van der Waals surface area contributed by atoms with Crippen LogP contribution in [0, 0.1) is 16.0 Å². The Kier molecular flexibility index (Phi) is 4.05. The zero-order valence-electron chi connectivity index (χ0n) is 11.9. The highest BCUT2D eigenvalue weighted by molar-refractivity contribution is 7.88. The lowest BCUT2D eigenvalue weighted by Crippen LogP contribution is -2.65. The van der Waals surface area contributed by atoms with Crippen LogP contribution in [0.1, 0.15) is 19.4 Å². The van der Waals surface area contributed by atoms with E-state index in [1.54, 1.807) is 6.07 Å². The van der Waals surface area contributed by atoms with Crippen molar-refractivity contribution in [3.8, 4) is 0 Å². The van der Waals surface area contributed by atoms with E-state index in [1.165, 1.54) is 22.5 Å². The highest BCUT2D eigenvalue weighted by Gasteiger charge is 2.48. The molecule has 1 aliphatic heterocycles. The summed E-state index contributed by atoms with van der Waals surface area (Å²) in [5.74, 6) is -0.478. The molecule has 8 heteroatoms. The van der Waals surface area contributed by atoms with Crippen molar-refractivity contribution < 1.29 is 18.4 Å². The quantitative estimate of drug-likeness (QED) is 0.648. The minimum absolute atomic E-state index is 0.0353. The van der Waals surface area contributed by atoms with Gasteiger partial charge in [0.05, 0.1) is 16.3 Å². The van der Waals surface area contributed by atoms with Gasteiger partial charge in [0.25, 0.3) is 5.69 Å². The van der Waals surface area contributed by atoms with Crippen LogP contribution in [-0.2, 0) is 15.8 Å². The molecular formula is C13H18N2O5S. The summed E-state index contributed by atoms with van der Waals surface area (Å²) in [6.45, 7) is 3.72. The number of β-amino-alcohol motifs (C(OH)–C–C–N with tert-alkyl or cyclic N) is 1. The first-order chi connectivity index (χ1) is 9.66. The Morgan fingerprint density at radius 2 is 1.95 bits per heavy atom. The van der Waals surface area contributed by atoms with Gasteiger partial charge in [-0.1, -0.05) is 32.0 Å². The van der Waals surface area contributed by atoms with Crippen LogP contribution in [0.2, 0.25) is 0 Å². The monoisotopic (exact) mass is 314 g/mol. The second-order valence-corrected chi connectivity index (χ2v) is 7.64. The van der Waals surface area contributed by atoms with Crippen molar-refractivity contribution in [1.82, 2.24) is 4.31 Å². The summed E-state index contributed by atoms with van der Waals surface area (Å²) in [5, 5.41) is 21.0. The van der Waals surface area contributed by atoms with Crippen LogP contribution in [0.5, 0.6) is 0 Å². The van der Waals surface area contributed by atoms with Crippen molar-refractivity contribution in [2.24, 2.45) is 5.92 Å². The number of rotatable bonds is 5. The molecule has 0 aromatic heterocycles. The molecule has 1 aliphatic rings. The lowest BCUT2D eigenvalue weighted by Gasteiger charge is -2.47. The minimum Gasteiger partial charge on any atom is -0.387 e. The van der Waals surface area contributed by atoms with Gasteiger partial charge >= 0.3 is 0 Å². The van der Waals surface area contributed by atoms with Crippen LogP contribution in [-0.4, -0.2) is 41.4 Å². The summed E-state index contributed by atoms with van der Waals surface area (Å²) in [4.78, 5) is 10.3. The number of nitrogens with zero attached hydrogens (tertiary/aromatic N) is 2. The van der Waals surface area contributed by atoms with E-state index in [1.807, 2.05) is 13.8 Å². The van der Waals surface area contributed by atoms with Crippen LogP contribution >= 0.6 is 0 Å². The molecule has 1 aromatic rings. The lowest BCUT2D eigenvalue weighted by molar-refractivity contribution is -0.385. The first kappa shape index (κ1) is 15.9. The predicted molar refractivity (Wildman–Crippen MR) is 77.1 cm³/mol. The number of nitro groups is 1. The van der Waals surface area contributed by atoms with E-state index in [4.69, 9.17) is 0 Å². The van der Waals surface area contributed by atoms with Crippen molar-refractivity contribution in [2.45, 2.75) is 25.2 Å². The molecule has 1 heterocycles. The maximum atomic E-state index is 12.3. The zero-order valence-corrected chi connectivity index (χ0v) is 12.7. The fourth-order valence-corrected chi connectivity index (χ4v) is 3.89. The number of sulfonamides is 1. The summed E-state index contributed by atoms with van der Waals surface area (Å²) in [6, 6.07) is 5.78. The Labute approximate surface area is 123 Å². The summed E-state index contributed by atoms with van der Waals surface area (Å²) in [5.41, 5.74) is -1.06. The van der Waals surface area contributed by atoms with Gasteiger partial charge in [-0.2, -0.15) is 4.31 Å². The molecule has 0 atom stereocenters. The first-order valence-corrected chi connectivity index (χ1v) is 8.19. The first-order valence-electron chi connectivity index (χ1n) is 6.58. The van der Waals surface area contributed by atoms with Crippen LogP contribution in [0.15, 0.2) is 24.3 Å². The van der Waals surface area contributed by atoms with Crippen LogP contribution in [0.3, 0.4) is 0 Å². The van der Waals surface area contributed by atoms with Gasteiger partial charge in [0.15, 0.2) is 0 Å². The number of aliphatic hydroxyl groups is 1. The highest BCUT2D eigenvalue weighted by Crippen LogP contribution is 2.32. The van der Waals surface area contributed by atoms with Gasteiger partial charge < -0.3 is 5.11 Å². The third-order valence-corrected chi connectivity index (χ3v) is 5.62. The minimum atomic E-state index is -3.67. The fourth-order valence-electron chi connectivity index (χ4n) is 2.23.